The summed E-state index contributed by atoms with van der Waals surface area (Å²) >= 11 is 0. The van der Waals surface area contributed by atoms with Crippen molar-refractivity contribution >= 4 is 11.9 Å². The van der Waals surface area contributed by atoms with Crippen molar-refractivity contribution < 1.29 is 27.9 Å². The number of hydrogen-bond donors (Lipinski definition) is 1. The Morgan fingerprint density at radius 2 is 1.84 bits per heavy atom. The fourth-order valence-corrected chi connectivity index (χ4v) is 2.63. The van der Waals surface area contributed by atoms with Crippen LogP contribution in [0.2, 0.25) is 0 Å². The second kappa shape index (κ2) is 3.86. The van der Waals surface area contributed by atoms with Crippen molar-refractivity contribution in [1.82, 2.24) is 4.90 Å². The van der Waals surface area contributed by atoms with Gasteiger partial charge in [0.15, 0.2) is 5.41 Å². The molecule has 1 N–H and O–H groups in total. The Morgan fingerprint density at radius 1 is 1.32 bits per heavy atom. The van der Waals surface area contributed by atoms with Gasteiger partial charge in [0.25, 0.3) is 0 Å². The molecule has 4 nitrogen and oxygen atoms in total. The lowest BCUT2D eigenvalue weighted by Crippen LogP contribution is -2.48. The van der Waals surface area contributed by atoms with Gasteiger partial charge in [-0.1, -0.05) is 13.8 Å². The van der Waals surface area contributed by atoms with E-state index in [1.54, 1.807) is 0 Å². The number of carboxylic acid groups (broad SMARTS) is 1. The molecule has 2 aliphatic rings. The Kier molecular flexibility index (Phi) is 2.88. The number of amides is 1. The number of carboxylic acids is 1. The molecule has 0 aromatic rings. The van der Waals surface area contributed by atoms with Crippen LogP contribution in [0.5, 0.6) is 0 Å². The van der Waals surface area contributed by atoms with Gasteiger partial charge in [-0.2, -0.15) is 13.2 Å². The second-order valence-corrected chi connectivity index (χ2v) is 6.14. The van der Waals surface area contributed by atoms with Crippen molar-refractivity contribution in [3.05, 3.63) is 0 Å². The number of rotatable bonds is 2. The number of aliphatic carboxylic acids is 1. The smallest absolute Gasteiger partial charge is 0.406 e. The fraction of sp³-hybridized carbons (Fsp3) is 0.833. The van der Waals surface area contributed by atoms with Crippen molar-refractivity contribution in [3.8, 4) is 0 Å². The zero-order chi connectivity index (χ0) is 14.6. The molecule has 1 saturated heterocycles. The summed E-state index contributed by atoms with van der Waals surface area (Å²) in [5.41, 5.74) is -2.98. The van der Waals surface area contributed by atoms with Gasteiger partial charge < -0.3 is 10.0 Å². The number of carbonyl (C=O) groups is 2. The van der Waals surface area contributed by atoms with Gasteiger partial charge in [0, 0.05) is 19.0 Å². The lowest BCUT2D eigenvalue weighted by atomic mass is 9.86. The van der Waals surface area contributed by atoms with Crippen molar-refractivity contribution in [2.24, 2.45) is 16.7 Å². The molecule has 0 aromatic carbocycles. The van der Waals surface area contributed by atoms with Crippen LogP contribution in [0.25, 0.3) is 0 Å². The highest BCUT2D eigenvalue weighted by molar-refractivity contribution is 5.85. The van der Waals surface area contributed by atoms with Gasteiger partial charge >= 0.3 is 12.1 Å². The minimum Gasteiger partial charge on any atom is -0.481 e. The first-order valence-electron chi connectivity index (χ1n) is 6.10. The zero-order valence-corrected chi connectivity index (χ0v) is 10.8. The maximum atomic E-state index is 13.0. The minimum atomic E-state index is -4.84. The SMILES string of the molecule is CC1(C)CC1C(=O)N1CCC(C(=O)O)(C(F)(F)F)C1. The molecule has 1 aliphatic carbocycles. The van der Waals surface area contributed by atoms with Crippen molar-refractivity contribution in [2.75, 3.05) is 13.1 Å². The molecule has 1 saturated carbocycles. The Morgan fingerprint density at radius 3 is 2.16 bits per heavy atom. The van der Waals surface area contributed by atoms with E-state index in [1.807, 2.05) is 13.8 Å². The Balaban J connectivity index is 2.14. The van der Waals surface area contributed by atoms with Crippen LogP contribution >= 0.6 is 0 Å². The maximum absolute atomic E-state index is 13.0. The van der Waals surface area contributed by atoms with Crippen LogP contribution in [0.15, 0.2) is 0 Å². The Bertz CT molecular complexity index is 432. The highest BCUT2D eigenvalue weighted by atomic mass is 19.4. The normalized spacial score (nSPS) is 33.3. The van der Waals surface area contributed by atoms with E-state index in [4.69, 9.17) is 5.11 Å². The van der Waals surface area contributed by atoms with E-state index in [0.717, 1.165) is 4.90 Å². The molecule has 7 heteroatoms. The number of halogens is 3. The van der Waals surface area contributed by atoms with Crippen LogP contribution in [-0.2, 0) is 9.59 Å². The third-order valence-electron chi connectivity index (χ3n) is 4.34. The number of carbonyl (C=O) groups excluding carboxylic acids is 1. The molecule has 19 heavy (non-hydrogen) atoms. The standard InChI is InChI=1S/C12H16F3NO3/c1-10(2)5-7(10)8(17)16-4-3-11(6-16,9(18)19)12(13,14)15/h7H,3-6H2,1-2H3,(H,18,19). The van der Waals surface area contributed by atoms with E-state index in [2.05, 4.69) is 0 Å². The molecule has 2 atom stereocenters. The Hall–Kier alpha value is -1.27. The predicted octanol–water partition coefficient (Wildman–Crippen LogP) is 1.90. The summed E-state index contributed by atoms with van der Waals surface area (Å²) in [6.45, 7) is 2.84. The lowest BCUT2D eigenvalue weighted by Gasteiger charge is -2.27. The van der Waals surface area contributed by atoms with Gasteiger partial charge in [-0.25, -0.2) is 0 Å². The molecule has 2 rings (SSSR count). The van der Waals surface area contributed by atoms with Crippen molar-refractivity contribution in [2.45, 2.75) is 32.9 Å². The number of hydrogen-bond acceptors (Lipinski definition) is 2. The molecule has 2 fully saturated rings. The molecule has 108 valence electrons. The fourth-order valence-electron chi connectivity index (χ4n) is 2.63. The highest BCUT2D eigenvalue weighted by Gasteiger charge is 2.65. The summed E-state index contributed by atoms with van der Waals surface area (Å²) < 4.78 is 38.9. The molecule has 1 aliphatic heterocycles. The van der Waals surface area contributed by atoms with Crippen LogP contribution in [0.3, 0.4) is 0 Å². The summed E-state index contributed by atoms with van der Waals surface area (Å²) in [6, 6.07) is 0. The first-order valence-corrected chi connectivity index (χ1v) is 6.10. The average molecular weight is 279 g/mol. The first-order chi connectivity index (χ1) is 8.51. The van der Waals surface area contributed by atoms with E-state index in [0.29, 0.717) is 6.42 Å². The van der Waals surface area contributed by atoms with Crippen LogP contribution in [0.1, 0.15) is 26.7 Å². The van der Waals surface area contributed by atoms with Crippen molar-refractivity contribution in [3.63, 3.8) is 0 Å². The summed E-state index contributed by atoms with van der Waals surface area (Å²) in [4.78, 5) is 24.1. The first kappa shape index (κ1) is 14.1. The summed E-state index contributed by atoms with van der Waals surface area (Å²) in [7, 11) is 0. The largest absolute Gasteiger partial charge is 0.481 e. The van der Waals surface area contributed by atoms with Crippen LogP contribution in [0, 0.1) is 16.7 Å². The molecule has 0 aromatic heterocycles. The van der Waals surface area contributed by atoms with Crippen molar-refractivity contribution in [1.29, 1.82) is 0 Å². The molecule has 1 heterocycles. The van der Waals surface area contributed by atoms with E-state index < -0.39 is 30.5 Å². The van der Waals surface area contributed by atoms with Gasteiger partial charge in [0.2, 0.25) is 5.91 Å². The van der Waals surface area contributed by atoms with E-state index in [9.17, 15) is 22.8 Å². The van der Waals surface area contributed by atoms with Crippen LogP contribution < -0.4 is 0 Å². The van der Waals surface area contributed by atoms with Gasteiger partial charge in [-0.3, -0.25) is 9.59 Å². The number of likely N-dealkylation sites (tertiary alicyclic amines) is 1. The van der Waals surface area contributed by atoms with Gasteiger partial charge in [0.1, 0.15) is 0 Å². The van der Waals surface area contributed by atoms with Gasteiger partial charge in [-0.05, 0) is 18.3 Å². The predicted molar refractivity (Wildman–Crippen MR) is 59.2 cm³/mol. The summed E-state index contributed by atoms with van der Waals surface area (Å²) in [5, 5.41) is 8.90. The van der Waals surface area contributed by atoms with Crippen LogP contribution in [-0.4, -0.2) is 41.1 Å². The third kappa shape index (κ3) is 2.08. The molecule has 0 bridgehead atoms. The molecule has 2 unspecified atom stereocenters. The average Bonchev–Trinajstić information content (AvgIpc) is 2.74. The molecular weight excluding hydrogens is 263 g/mol. The second-order valence-electron chi connectivity index (χ2n) is 6.14. The molecule has 0 radical (unpaired) electrons. The molecular formula is C12H16F3NO3. The number of nitrogens with zero attached hydrogens (tertiary/aromatic N) is 1. The lowest BCUT2D eigenvalue weighted by molar-refractivity contribution is -0.227. The minimum absolute atomic E-state index is 0.142. The van der Waals surface area contributed by atoms with Gasteiger partial charge in [-0.15, -0.1) is 0 Å². The maximum Gasteiger partial charge on any atom is 0.406 e. The molecule has 1 amide bonds. The summed E-state index contributed by atoms with van der Waals surface area (Å²) in [5.74, 6) is -2.52. The van der Waals surface area contributed by atoms with E-state index in [-0.39, 0.29) is 23.8 Å². The van der Waals surface area contributed by atoms with E-state index >= 15 is 0 Å². The number of alkyl halides is 3. The molecule has 0 spiro atoms. The monoisotopic (exact) mass is 279 g/mol. The van der Waals surface area contributed by atoms with Gasteiger partial charge in [0.05, 0.1) is 0 Å². The van der Waals surface area contributed by atoms with E-state index in [1.165, 1.54) is 0 Å². The zero-order valence-electron chi connectivity index (χ0n) is 10.8. The van der Waals surface area contributed by atoms with Crippen LogP contribution in [0.4, 0.5) is 13.2 Å². The highest BCUT2D eigenvalue weighted by Crippen LogP contribution is 2.54. The third-order valence-corrected chi connectivity index (χ3v) is 4.34. The Labute approximate surface area is 108 Å². The quantitative estimate of drug-likeness (QED) is 0.840. The summed E-state index contributed by atoms with van der Waals surface area (Å²) in [6.07, 6.45) is -4.76. The topological polar surface area (TPSA) is 57.6 Å².